The first-order chi connectivity index (χ1) is 7.52. The third-order valence-electron chi connectivity index (χ3n) is 2.61. The molecule has 1 aliphatic heterocycles. The summed E-state index contributed by atoms with van der Waals surface area (Å²) in [6.45, 7) is -0.0833. The van der Waals surface area contributed by atoms with Crippen molar-refractivity contribution < 1.29 is 23.0 Å². The second-order valence-corrected chi connectivity index (χ2v) is 3.74. The first-order valence-corrected chi connectivity index (χ1v) is 4.99. The number of ether oxygens (including phenoxy) is 1. The first-order valence-electron chi connectivity index (χ1n) is 4.99. The number of fused-ring (bicyclic) bond motifs is 1. The lowest BCUT2D eigenvalue weighted by Crippen LogP contribution is -2.15. The van der Waals surface area contributed by atoms with Gasteiger partial charge < -0.3 is 9.84 Å². The number of hydrogen-bond donors (Lipinski definition) is 1. The molecule has 0 aromatic heterocycles. The van der Waals surface area contributed by atoms with Crippen LogP contribution in [0.2, 0.25) is 0 Å². The summed E-state index contributed by atoms with van der Waals surface area (Å²) < 4.78 is 43.3. The van der Waals surface area contributed by atoms with Crippen LogP contribution in [0.25, 0.3) is 0 Å². The highest BCUT2D eigenvalue weighted by Gasteiger charge is 2.37. The molecule has 0 radical (unpaired) electrons. The van der Waals surface area contributed by atoms with Crippen molar-refractivity contribution in [3.63, 3.8) is 0 Å². The molecule has 0 saturated heterocycles. The molecule has 2 rings (SSSR count). The first kappa shape index (κ1) is 11.3. The van der Waals surface area contributed by atoms with E-state index in [2.05, 4.69) is 0 Å². The van der Waals surface area contributed by atoms with Crippen LogP contribution < -0.4 is 4.74 Å². The Labute approximate surface area is 90.7 Å². The van der Waals surface area contributed by atoms with Crippen LogP contribution in [0.4, 0.5) is 13.2 Å². The van der Waals surface area contributed by atoms with Crippen LogP contribution in [0.3, 0.4) is 0 Å². The molecule has 1 N–H and O–H groups in total. The zero-order valence-electron chi connectivity index (χ0n) is 8.42. The van der Waals surface area contributed by atoms with Gasteiger partial charge in [-0.15, -0.1) is 0 Å². The van der Waals surface area contributed by atoms with Gasteiger partial charge in [0.05, 0.1) is 5.56 Å². The highest BCUT2D eigenvalue weighted by atomic mass is 19.4. The molecule has 1 atom stereocenters. The minimum atomic E-state index is -4.34. The van der Waals surface area contributed by atoms with Gasteiger partial charge in [-0.1, -0.05) is 6.07 Å². The number of benzene rings is 1. The summed E-state index contributed by atoms with van der Waals surface area (Å²) >= 11 is 0. The standard InChI is InChI=1S/C11H11F3O2/c12-11(13,14)9-2-1-3-10-8(9)6-7(16-10)4-5-15/h1-3,7,15H,4-6H2. The van der Waals surface area contributed by atoms with E-state index in [0.717, 1.165) is 6.07 Å². The fraction of sp³-hybridized carbons (Fsp3) is 0.455. The molecule has 5 heteroatoms. The van der Waals surface area contributed by atoms with Crippen LogP contribution in [0.15, 0.2) is 18.2 Å². The Morgan fingerprint density at radius 1 is 1.38 bits per heavy atom. The zero-order valence-corrected chi connectivity index (χ0v) is 8.42. The van der Waals surface area contributed by atoms with Gasteiger partial charge in [-0.2, -0.15) is 13.2 Å². The molecule has 0 saturated carbocycles. The summed E-state index contributed by atoms with van der Waals surface area (Å²) in [6, 6.07) is 3.93. The molecule has 0 spiro atoms. The smallest absolute Gasteiger partial charge is 0.416 e. The predicted molar refractivity (Wildman–Crippen MR) is 51.3 cm³/mol. The molecule has 1 aromatic rings. The number of hydrogen-bond acceptors (Lipinski definition) is 2. The van der Waals surface area contributed by atoms with Crippen molar-refractivity contribution in [3.05, 3.63) is 29.3 Å². The van der Waals surface area contributed by atoms with E-state index in [1.54, 1.807) is 0 Å². The maximum atomic E-state index is 12.7. The molecular weight excluding hydrogens is 221 g/mol. The van der Waals surface area contributed by atoms with Gasteiger partial charge in [-0.25, -0.2) is 0 Å². The van der Waals surface area contributed by atoms with E-state index >= 15 is 0 Å². The summed E-state index contributed by atoms with van der Waals surface area (Å²) in [5, 5.41) is 8.73. The van der Waals surface area contributed by atoms with Gasteiger partial charge in [0.15, 0.2) is 0 Å². The second kappa shape index (κ2) is 3.97. The number of aliphatic hydroxyl groups excluding tert-OH is 1. The number of rotatable bonds is 2. The SMILES string of the molecule is OCCC1Cc2c(cccc2C(F)(F)F)O1. The zero-order chi connectivity index (χ0) is 11.8. The van der Waals surface area contributed by atoms with Crippen LogP contribution in [-0.4, -0.2) is 17.8 Å². The Kier molecular flexibility index (Phi) is 2.80. The molecule has 0 amide bonds. The van der Waals surface area contributed by atoms with Gasteiger partial charge >= 0.3 is 6.18 Å². The second-order valence-electron chi connectivity index (χ2n) is 3.74. The van der Waals surface area contributed by atoms with Gasteiger partial charge in [-0.3, -0.25) is 0 Å². The van der Waals surface area contributed by atoms with Crippen molar-refractivity contribution in [3.8, 4) is 5.75 Å². The van der Waals surface area contributed by atoms with E-state index in [-0.39, 0.29) is 30.4 Å². The molecule has 0 fully saturated rings. The Hall–Kier alpha value is -1.23. The lowest BCUT2D eigenvalue weighted by molar-refractivity contribution is -0.138. The van der Waals surface area contributed by atoms with E-state index in [0.29, 0.717) is 6.42 Å². The molecule has 88 valence electrons. The summed E-state index contributed by atoms with van der Waals surface area (Å²) in [5.41, 5.74) is -0.432. The van der Waals surface area contributed by atoms with Gasteiger partial charge in [0.25, 0.3) is 0 Å². The van der Waals surface area contributed by atoms with E-state index < -0.39 is 11.7 Å². The fourth-order valence-corrected chi connectivity index (χ4v) is 1.91. The normalized spacial score (nSPS) is 19.4. The molecule has 1 aliphatic rings. The molecule has 2 nitrogen and oxygen atoms in total. The molecular formula is C11H11F3O2. The van der Waals surface area contributed by atoms with Crippen LogP contribution in [-0.2, 0) is 12.6 Å². The fourth-order valence-electron chi connectivity index (χ4n) is 1.91. The van der Waals surface area contributed by atoms with E-state index in [1.807, 2.05) is 0 Å². The van der Waals surface area contributed by atoms with Crippen molar-refractivity contribution in [2.75, 3.05) is 6.61 Å². The molecule has 0 aliphatic carbocycles. The number of aliphatic hydroxyl groups is 1. The Morgan fingerprint density at radius 3 is 2.75 bits per heavy atom. The van der Waals surface area contributed by atoms with Crippen molar-refractivity contribution >= 4 is 0 Å². The summed E-state index contributed by atoms with van der Waals surface area (Å²) in [4.78, 5) is 0. The summed E-state index contributed by atoms with van der Waals surface area (Å²) in [7, 11) is 0. The van der Waals surface area contributed by atoms with E-state index in [1.165, 1.54) is 12.1 Å². The lowest BCUT2D eigenvalue weighted by atomic mass is 10.0. The van der Waals surface area contributed by atoms with Crippen molar-refractivity contribution in [2.45, 2.75) is 25.1 Å². The maximum absolute atomic E-state index is 12.7. The topological polar surface area (TPSA) is 29.5 Å². The highest BCUT2D eigenvalue weighted by molar-refractivity contribution is 5.44. The predicted octanol–water partition coefficient (Wildman–Crippen LogP) is 2.39. The monoisotopic (exact) mass is 232 g/mol. The summed E-state index contributed by atoms with van der Waals surface area (Å²) in [6.07, 6.45) is -4.12. The van der Waals surface area contributed by atoms with Crippen LogP contribution in [0.5, 0.6) is 5.75 Å². The quantitative estimate of drug-likeness (QED) is 0.848. The Bertz CT molecular complexity index is 387. The Balaban J connectivity index is 2.31. The minimum absolute atomic E-state index is 0.0833. The van der Waals surface area contributed by atoms with Crippen LogP contribution in [0.1, 0.15) is 17.5 Å². The molecule has 1 aromatic carbocycles. The average molecular weight is 232 g/mol. The lowest BCUT2D eigenvalue weighted by Gasteiger charge is -2.09. The molecule has 1 unspecified atom stereocenters. The maximum Gasteiger partial charge on any atom is 0.416 e. The minimum Gasteiger partial charge on any atom is -0.490 e. The average Bonchev–Trinajstić information content (AvgIpc) is 2.58. The molecule has 16 heavy (non-hydrogen) atoms. The Morgan fingerprint density at radius 2 is 2.12 bits per heavy atom. The van der Waals surface area contributed by atoms with E-state index in [4.69, 9.17) is 9.84 Å². The van der Waals surface area contributed by atoms with Crippen molar-refractivity contribution in [1.82, 2.24) is 0 Å². The number of halogens is 3. The van der Waals surface area contributed by atoms with Gasteiger partial charge in [-0.05, 0) is 12.1 Å². The van der Waals surface area contributed by atoms with Crippen LogP contribution in [0, 0.1) is 0 Å². The van der Waals surface area contributed by atoms with Gasteiger partial charge in [0.1, 0.15) is 11.9 Å². The van der Waals surface area contributed by atoms with Crippen LogP contribution >= 0.6 is 0 Å². The van der Waals surface area contributed by atoms with Crippen molar-refractivity contribution in [1.29, 1.82) is 0 Å². The van der Waals surface area contributed by atoms with Crippen molar-refractivity contribution in [2.24, 2.45) is 0 Å². The van der Waals surface area contributed by atoms with Gasteiger partial charge in [0.2, 0.25) is 0 Å². The summed E-state index contributed by atoms with van der Waals surface area (Å²) in [5.74, 6) is 0.285. The number of alkyl halides is 3. The third kappa shape index (κ3) is 2.00. The third-order valence-corrected chi connectivity index (χ3v) is 2.61. The van der Waals surface area contributed by atoms with Gasteiger partial charge in [0, 0.05) is 25.0 Å². The highest BCUT2D eigenvalue weighted by Crippen LogP contribution is 2.40. The largest absolute Gasteiger partial charge is 0.490 e. The molecule has 0 bridgehead atoms. The molecule has 1 heterocycles. The van der Waals surface area contributed by atoms with E-state index in [9.17, 15) is 13.2 Å².